The summed E-state index contributed by atoms with van der Waals surface area (Å²) in [6.45, 7) is 0. The summed E-state index contributed by atoms with van der Waals surface area (Å²) in [5.74, 6) is -1.05. The summed E-state index contributed by atoms with van der Waals surface area (Å²) in [5.41, 5.74) is -1.76. The van der Waals surface area contributed by atoms with Crippen LogP contribution >= 0.6 is 0 Å². The lowest BCUT2D eigenvalue weighted by Gasteiger charge is -2.12. The third kappa shape index (κ3) is 3.48. The number of rotatable bonds is 4. The molecule has 2 rings (SSSR count). The summed E-state index contributed by atoms with van der Waals surface area (Å²) in [5, 5.41) is 0. The molecule has 0 saturated heterocycles. The molecule has 0 aliphatic heterocycles. The van der Waals surface area contributed by atoms with Crippen LogP contribution in [0.2, 0.25) is 0 Å². The summed E-state index contributed by atoms with van der Waals surface area (Å²) in [7, 11) is 1.72. The molecule has 0 amide bonds. The molecular formula is C14H12F4N2O. The van der Waals surface area contributed by atoms with Crippen LogP contribution in [0.1, 0.15) is 28.2 Å². The second-order valence-electron chi connectivity index (χ2n) is 4.57. The summed E-state index contributed by atoms with van der Waals surface area (Å²) in [6.07, 6.45) is -1.47. The topological polar surface area (TPSA) is 34.9 Å². The van der Waals surface area contributed by atoms with Gasteiger partial charge in [-0.3, -0.25) is 4.79 Å². The van der Waals surface area contributed by atoms with Crippen molar-refractivity contribution in [2.75, 3.05) is 0 Å². The average molecular weight is 300 g/mol. The van der Waals surface area contributed by atoms with Gasteiger partial charge < -0.3 is 4.57 Å². The third-order valence-corrected chi connectivity index (χ3v) is 3.08. The van der Waals surface area contributed by atoms with Crippen LogP contribution in [0.25, 0.3) is 0 Å². The molecule has 7 heteroatoms. The van der Waals surface area contributed by atoms with E-state index >= 15 is 0 Å². The Morgan fingerprint density at radius 2 is 2.05 bits per heavy atom. The maximum Gasteiger partial charge on any atom is 0.417 e. The van der Waals surface area contributed by atoms with E-state index in [0.29, 0.717) is 24.0 Å². The zero-order valence-electron chi connectivity index (χ0n) is 11.1. The van der Waals surface area contributed by atoms with Crippen LogP contribution in [0.5, 0.6) is 0 Å². The first kappa shape index (κ1) is 15.2. The maximum atomic E-state index is 13.1. The van der Waals surface area contributed by atoms with Gasteiger partial charge in [-0.1, -0.05) is 0 Å². The molecule has 2 aromatic rings. The quantitative estimate of drug-likeness (QED) is 0.641. The van der Waals surface area contributed by atoms with E-state index in [1.165, 1.54) is 6.20 Å². The number of aromatic nitrogens is 2. The zero-order chi connectivity index (χ0) is 15.6. The molecule has 1 aromatic carbocycles. The van der Waals surface area contributed by atoms with E-state index < -0.39 is 28.9 Å². The van der Waals surface area contributed by atoms with Gasteiger partial charge in [0.05, 0.1) is 5.56 Å². The van der Waals surface area contributed by atoms with Crippen LogP contribution in [0.15, 0.2) is 30.6 Å². The Labute approximate surface area is 118 Å². The number of nitrogens with zero attached hydrogens (tertiary/aromatic N) is 2. The van der Waals surface area contributed by atoms with E-state index in [2.05, 4.69) is 4.98 Å². The summed E-state index contributed by atoms with van der Waals surface area (Å²) < 4.78 is 53.3. The maximum absolute atomic E-state index is 13.1. The van der Waals surface area contributed by atoms with Gasteiger partial charge >= 0.3 is 6.18 Å². The van der Waals surface area contributed by atoms with Gasteiger partial charge in [-0.2, -0.15) is 13.2 Å². The van der Waals surface area contributed by atoms with Gasteiger partial charge in [0.2, 0.25) is 0 Å². The number of alkyl halides is 3. The van der Waals surface area contributed by atoms with E-state index in [0.717, 1.165) is 0 Å². The number of carbonyl (C=O) groups is 1. The number of ketones is 1. The van der Waals surface area contributed by atoms with Crippen molar-refractivity contribution in [1.29, 1.82) is 0 Å². The lowest BCUT2D eigenvalue weighted by Crippen LogP contribution is -2.14. The first-order valence-electron chi connectivity index (χ1n) is 6.15. The lowest BCUT2D eigenvalue weighted by molar-refractivity contribution is -0.137. The smallest absolute Gasteiger partial charge is 0.338 e. The summed E-state index contributed by atoms with van der Waals surface area (Å²) in [4.78, 5) is 16.0. The number of halogens is 4. The molecule has 0 unspecified atom stereocenters. The first-order chi connectivity index (χ1) is 9.79. The molecule has 1 aromatic heterocycles. The number of aryl methyl sites for hydroxylation is 2. The highest BCUT2D eigenvalue weighted by Gasteiger charge is 2.35. The first-order valence-corrected chi connectivity index (χ1v) is 6.15. The van der Waals surface area contributed by atoms with Crippen molar-refractivity contribution in [2.45, 2.75) is 19.0 Å². The molecule has 112 valence electrons. The fraction of sp³-hybridized carbons (Fsp3) is 0.286. The molecule has 0 spiro atoms. The Bertz CT molecular complexity index is 661. The van der Waals surface area contributed by atoms with Crippen molar-refractivity contribution in [3.05, 3.63) is 53.4 Å². The molecule has 0 radical (unpaired) electrons. The van der Waals surface area contributed by atoms with E-state index in [4.69, 9.17) is 0 Å². The normalized spacial score (nSPS) is 11.7. The second kappa shape index (κ2) is 5.67. The standard InChI is InChI=1S/C14H12F4N2O/c1-20-7-6-19-13(20)5-4-12(21)10-8-9(15)2-3-11(10)14(16,17)18/h2-3,6-8H,4-5H2,1H3. The van der Waals surface area contributed by atoms with Crippen molar-refractivity contribution in [3.63, 3.8) is 0 Å². The van der Waals surface area contributed by atoms with E-state index in [1.54, 1.807) is 17.8 Å². The van der Waals surface area contributed by atoms with E-state index in [-0.39, 0.29) is 12.8 Å². The molecule has 0 bridgehead atoms. The summed E-state index contributed by atoms with van der Waals surface area (Å²) >= 11 is 0. The average Bonchev–Trinajstić information content (AvgIpc) is 2.80. The number of hydrogen-bond acceptors (Lipinski definition) is 2. The van der Waals surface area contributed by atoms with Gasteiger partial charge in [-0.05, 0) is 18.2 Å². The molecule has 0 aliphatic rings. The Kier molecular flexibility index (Phi) is 4.11. The number of imidazole rings is 1. The lowest BCUT2D eigenvalue weighted by atomic mass is 10.00. The molecule has 0 atom stereocenters. The van der Waals surface area contributed by atoms with Crippen molar-refractivity contribution in [3.8, 4) is 0 Å². The SMILES string of the molecule is Cn1ccnc1CCC(=O)c1cc(F)ccc1C(F)(F)F. The number of Topliss-reactive ketones (excluding diaryl/α,β-unsaturated/α-hetero) is 1. The Morgan fingerprint density at radius 1 is 1.33 bits per heavy atom. The highest BCUT2D eigenvalue weighted by molar-refractivity contribution is 5.97. The van der Waals surface area contributed by atoms with Crippen LogP contribution < -0.4 is 0 Å². The van der Waals surface area contributed by atoms with Crippen LogP contribution in [-0.2, 0) is 19.6 Å². The van der Waals surface area contributed by atoms with Gasteiger partial charge in [0.25, 0.3) is 0 Å². The van der Waals surface area contributed by atoms with Crippen molar-refractivity contribution >= 4 is 5.78 Å². The molecule has 21 heavy (non-hydrogen) atoms. The Hall–Kier alpha value is -2.18. The summed E-state index contributed by atoms with van der Waals surface area (Å²) in [6, 6.07) is 1.91. The second-order valence-corrected chi connectivity index (χ2v) is 4.57. The van der Waals surface area contributed by atoms with E-state index in [1.807, 2.05) is 0 Å². The highest BCUT2D eigenvalue weighted by atomic mass is 19.4. The van der Waals surface area contributed by atoms with Crippen molar-refractivity contribution in [2.24, 2.45) is 7.05 Å². The van der Waals surface area contributed by atoms with Crippen LogP contribution in [-0.4, -0.2) is 15.3 Å². The van der Waals surface area contributed by atoms with Gasteiger partial charge in [0.15, 0.2) is 5.78 Å². The predicted octanol–water partition coefficient (Wildman–Crippen LogP) is 3.39. The minimum absolute atomic E-state index is 0.169. The van der Waals surface area contributed by atoms with Crippen LogP contribution in [0.4, 0.5) is 17.6 Å². The predicted molar refractivity (Wildman–Crippen MR) is 67.3 cm³/mol. The molecule has 0 saturated carbocycles. The number of benzene rings is 1. The molecule has 3 nitrogen and oxygen atoms in total. The van der Waals surface area contributed by atoms with E-state index in [9.17, 15) is 22.4 Å². The van der Waals surface area contributed by atoms with Gasteiger partial charge in [0, 0.05) is 37.8 Å². The number of hydrogen-bond donors (Lipinski definition) is 0. The minimum Gasteiger partial charge on any atom is -0.338 e. The molecule has 1 heterocycles. The minimum atomic E-state index is -4.69. The fourth-order valence-corrected chi connectivity index (χ4v) is 1.99. The zero-order valence-corrected chi connectivity index (χ0v) is 11.1. The monoisotopic (exact) mass is 300 g/mol. The largest absolute Gasteiger partial charge is 0.417 e. The number of carbonyl (C=O) groups excluding carboxylic acids is 1. The van der Waals surface area contributed by atoms with Crippen LogP contribution in [0.3, 0.4) is 0 Å². The van der Waals surface area contributed by atoms with Crippen molar-refractivity contribution in [1.82, 2.24) is 9.55 Å². The third-order valence-electron chi connectivity index (χ3n) is 3.08. The van der Waals surface area contributed by atoms with Gasteiger partial charge in [0.1, 0.15) is 11.6 Å². The Morgan fingerprint density at radius 3 is 2.62 bits per heavy atom. The molecule has 0 fully saturated rings. The van der Waals surface area contributed by atoms with Gasteiger partial charge in [-0.15, -0.1) is 0 Å². The molecule has 0 N–H and O–H groups in total. The molecule has 0 aliphatic carbocycles. The Balaban J connectivity index is 2.22. The molecular weight excluding hydrogens is 288 g/mol. The van der Waals surface area contributed by atoms with Crippen molar-refractivity contribution < 1.29 is 22.4 Å². The fourth-order valence-electron chi connectivity index (χ4n) is 1.99. The van der Waals surface area contributed by atoms with Gasteiger partial charge in [-0.25, -0.2) is 9.37 Å². The highest BCUT2D eigenvalue weighted by Crippen LogP contribution is 2.33. The van der Waals surface area contributed by atoms with Crippen LogP contribution in [0, 0.1) is 5.82 Å².